The number of carbonyl (C=O) groups is 2. The Labute approximate surface area is 193 Å². The highest BCUT2D eigenvalue weighted by atomic mass is 35.5. The summed E-state index contributed by atoms with van der Waals surface area (Å²) in [6, 6.07) is 17.1. The first-order valence-corrected chi connectivity index (χ1v) is 10.3. The molecule has 4 rings (SSSR count). The van der Waals surface area contributed by atoms with Crippen LogP contribution in [-0.2, 0) is 4.79 Å². The number of pyridine rings is 1. The predicted octanol–water partition coefficient (Wildman–Crippen LogP) is 6.40. The van der Waals surface area contributed by atoms with Gasteiger partial charge in [0.15, 0.2) is 0 Å². The largest absolute Gasteiger partial charge is 0.495 e. The number of anilines is 1. The van der Waals surface area contributed by atoms with Crippen molar-refractivity contribution in [3.8, 4) is 16.9 Å². The van der Waals surface area contributed by atoms with Crippen LogP contribution in [0.3, 0.4) is 0 Å². The van der Waals surface area contributed by atoms with E-state index in [0.29, 0.717) is 26.9 Å². The van der Waals surface area contributed by atoms with E-state index in [9.17, 15) is 9.59 Å². The number of ether oxygens (including phenoxy) is 1. The van der Waals surface area contributed by atoms with E-state index in [4.69, 9.17) is 39.5 Å². The minimum absolute atomic E-state index is 0.201. The summed E-state index contributed by atoms with van der Waals surface area (Å²) in [6.45, 7) is 0. The highest BCUT2D eigenvalue weighted by Crippen LogP contribution is 2.34. The van der Waals surface area contributed by atoms with Gasteiger partial charge in [-0.25, -0.2) is 0 Å². The number of carbonyl (C=O) groups excluding carboxylic acids is 2. The molecule has 156 valence electrons. The summed E-state index contributed by atoms with van der Waals surface area (Å²) in [4.78, 5) is 26.1. The second-order valence-electron chi connectivity index (χ2n) is 6.66. The zero-order valence-corrected chi connectivity index (χ0v) is 18.4. The predicted molar refractivity (Wildman–Crippen MR) is 124 cm³/mol. The summed E-state index contributed by atoms with van der Waals surface area (Å²) in [6.07, 6.45) is 1.72. The number of halogens is 3. The van der Waals surface area contributed by atoms with Crippen LogP contribution >= 0.6 is 34.8 Å². The number of rotatable bonds is 5. The third-order valence-corrected chi connectivity index (χ3v) is 5.60. The van der Waals surface area contributed by atoms with Gasteiger partial charge >= 0.3 is 0 Å². The Balaban J connectivity index is 1.80. The van der Waals surface area contributed by atoms with Crippen LogP contribution < -0.4 is 10.1 Å². The van der Waals surface area contributed by atoms with Crippen LogP contribution in [0.1, 0.15) is 10.5 Å². The molecule has 0 aliphatic heterocycles. The number of hydrogen-bond acceptors (Lipinski definition) is 3. The molecule has 31 heavy (non-hydrogen) atoms. The lowest BCUT2D eigenvalue weighted by Gasteiger charge is -2.10. The van der Waals surface area contributed by atoms with Crippen LogP contribution in [0.25, 0.3) is 16.6 Å². The topological polar surface area (TPSA) is 59.8 Å². The Hall–Kier alpha value is -2.99. The maximum atomic E-state index is 13.3. The van der Waals surface area contributed by atoms with Crippen molar-refractivity contribution < 1.29 is 14.3 Å². The lowest BCUT2D eigenvalue weighted by atomic mass is 10.0. The van der Waals surface area contributed by atoms with E-state index < -0.39 is 11.7 Å². The molecular weight excluding hydrogens is 459 g/mol. The van der Waals surface area contributed by atoms with E-state index in [2.05, 4.69) is 5.32 Å². The number of nitrogens with one attached hydrogen (secondary N) is 1. The average Bonchev–Trinajstić information content (AvgIpc) is 3.15. The van der Waals surface area contributed by atoms with Crippen LogP contribution in [0.15, 0.2) is 66.9 Å². The van der Waals surface area contributed by atoms with Crippen molar-refractivity contribution in [2.45, 2.75) is 0 Å². The number of methoxy groups -OCH3 is 1. The zero-order valence-electron chi connectivity index (χ0n) is 16.2. The molecule has 0 fully saturated rings. The van der Waals surface area contributed by atoms with Crippen molar-refractivity contribution in [1.82, 2.24) is 4.40 Å². The number of fused-ring (bicyclic) bond motifs is 1. The van der Waals surface area contributed by atoms with Gasteiger partial charge in [-0.2, -0.15) is 0 Å². The van der Waals surface area contributed by atoms with Crippen molar-refractivity contribution in [2.24, 2.45) is 0 Å². The number of amides is 1. The van der Waals surface area contributed by atoms with Crippen molar-refractivity contribution >= 4 is 57.7 Å². The number of ketones is 1. The van der Waals surface area contributed by atoms with E-state index >= 15 is 0 Å². The second-order valence-corrected chi connectivity index (χ2v) is 7.91. The van der Waals surface area contributed by atoms with Gasteiger partial charge in [-0.3, -0.25) is 9.59 Å². The number of aromatic nitrogens is 1. The van der Waals surface area contributed by atoms with Crippen LogP contribution in [0, 0.1) is 0 Å². The van der Waals surface area contributed by atoms with E-state index in [1.165, 1.54) is 13.2 Å². The lowest BCUT2D eigenvalue weighted by Crippen LogP contribution is -2.24. The molecule has 0 radical (unpaired) electrons. The molecule has 0 atom stereocenters. The summed E-state index contributed by atoms with van der Waals surface area (Å²) < 4.78 is 6.87. The minimum atomic E-state index is -0.839. The number of nitrogens with zero attached hydrogens (tertiary/aromatic N) is 1. The molecular formula is C23H15Cl3N2O3. The zero-order chi connectivity index (χ0) is 22.1. The summed E-state index contributed by atoms with van der Waals surface area (Å²) in [5, 5.41) is 3.59. The lowest BCUT2D eigenvalue weighted by molar-refractivity contribution is -0.112. The summed E-state index contributed by atoms with van der Waals surface area (Å²) >= 11 is 18.4. The van der Waals surface area contributed by atoms with E-state index in [0.717, 1.165) is 5.52 Å². The van der Waals surface area contributed by atoms with Crippen molar-refractivity contribution in [2.75, 3.05) is 12.4 Å². The fourth-order valence-electron chi connectivity index (χ4n) is 3.29. The molecule has 0 bridgehead atoms. The van der Waals surface area contributed by atoms with Gasteiger partial charge in [0.1, 0.15) is 11.4 Å². The molecule has 2 heterocycles. The highest BCUT2D eigenvalue weighted by Gasteiger charge is 2.25. The number of hydrogen-bond donors (Lipinski definition) is 1. The van der Waals surface area contributed by atoms with Gasteiger partial charge in [-0.1, -0.05) is 46.9 Å². The highest BCUT2D eigenvalue weighted by molar-refractivity contribution is 6.48. The van der Waals surface area contributed by atoms with Gasteiger partial charge in [-0.15, -0.1) is 0 Å². The molecule has 0 spiro atoms. The molecule has 0 saturated heterocycles. The van der Waals surface area contributed by atoms with Crippen molar-refractivity contribution in [1.29, 1.82) is 0 Å². The molecule has 1 N–H and O–H groups in total. The van der Waals surface area contributed by atoms with Crippen LogP contribution in [0.2, 0.25) is 15.1 Å². The summed E-state index contributed by atoms with van der Waals surface area (Å²) in [7, 11) is 1.52. The smallest absolute Gasteiger partial charge is 0.298 e. The van der Waals surface area contributed by atoms with Gasteiger partial charge < -0.3 is 14.5 Å². The van der Waals surface area contributed by atoms with Gasteiger partial charge in [0, 0.05) is 22.3 Å². The SMILES string of the molecule is COc1ccc(-c2cc3ccccn3c2C(=O)C(=O)Nc2cc(Cl)ccc2Cl)cc1Cl. The molecule has 8 heteroatoms. The normalized spacial score (nSPS) is 10.8. The van der Waals surface area contributed by atoms with Gasteiger partial charge in [0.2, 0.25) is 0 Å². The Kier molecular flexibility index (Phi) is 5.92. The average molecular weight is 474 g/mol. The Morgan fingerprint density at radius 2 is 1.74 bits per heavy atom. The van der Waals surface area contributed by atoms with Gasteiger partial charge in [0.25, 0.3) is 11.7 Å². The molecule has 0 saturated carbocycles. The maximum Gasteiger partial charge on any atom is 0.298 e. The van der Waals surface area contributed by atoms with Crippen molar-refractivity contribution in [3.63, 3.8) is 0 Å². The third kappa shape index (κ3) is 4.12. The summed E-state index contributed by atoms with van der Waals surface area (Å²) in [5.41, 5.74) is 2.44. The van der Waals surface area contributed by atoms with Gasteiger partial charge in [0.05, 0.1) is 22.8 Å². The molecule has 1 amide bonds. The van der Waals surface area contributed by atoms with E-state index in [-0.39, 0.29) is 16.4 Å². The first-order valence-electron chi connectivity index (χ1n) is 9.14. The van der Waals surface area contributed by atoms with Crippen LogP contribution in [-0.4, -0.2) is 23.2 Å². The van der Waals surface area contributed by atoms with Gasteiger partial charge in [-0.05, 0) is 54.1 Å². The third-order valence-electron chi connectivity index (χ3n) is 4.74. The standard InChI is InChI=1S/C23H15Cl3N2O3/c1-31-20-8-5-13(10-18(20)26)16-12-15-4-2-3-9-28(15)21(16)22(29)23(30)27-19-11-14(24)6-7-17(19)25/h2-12H,1H3,(H,27,30). The maximum absolute atomic E-state index is 13.3. The molecule has 0 unspecified atom stereocenters. The second kappa shape index (κ2) is 8.63. The summed E-state index contributed by atoms with van der Waals surface area (Å²) in [5.74, 6) is -1.06. The molecule has 0 aliphatic rings. The Bertz CT molecular complexity index is 1330. The van der Waals surface area contributed by atoms with Crippen LogP contribution in [0.5, 0.6) is 5.75 Å². The monoisotopic (exact) mass is 472 g/mol. The number of benzene rings is 2. The fraction of sp³-hybridized carbons (Fsp3) is 0.0435. The quantitative estimate of drug-likeness (QED) is 0.270. The Morgan fingerprint density at radius 3 is 2.48 bits per heavy atom. The molecule has 0 aliphatic carbocycles. The van der Waals surface area contributed by atoms with E-state index in [1.54, 1.807) is 47.0 Å². The molecule has 2 aromatic heterocycles. The molecule has 4 aromatic rings. The molecule has 2 aromatic carbocycles. The minimum Gasteiger partial charge on any atom is -0.495 e. The molecule has 5 nitrogen and oxygen atoms in total. The van der Waals surface area contributed by atoms with Crippen molar-refractivity contribution in [3.05, 3.63) is 87.6 Å². The first-order chi connectivity index (χ1) is 14.9. The first kappa shape index (κ1) is 21.2. The Morgan fingerprint density at radius 1 is 0.935 bits per heavy atom. The number of Topliss-reactive ketones (excluding diaryl/α,β-unsaturated/α-hetero) is 1. The van der Waals surface area contributed by atoms with E-state index in [1.807, 2.05) is 18.2 Å². The fourth-order valence-corrected chi connectivity index (χ4v) is 3.88. The van der Waals surface area contributed by atoms with Crippen LogP contribution in [0.4, 0.5) is 5.69 Å².